The van der Waals surface area contributed by atoms with Crippen molar-refractivity contribution in [3.05, 3.63) is 30.5 Å². The molecular weight excluding hydrogens is 314 g/mol. The van der Waals surface area contributed by atoms with E-state index in [9.17, 15) is 4.79 Å². The van der Waals surface area contributed by atoms with E-state index in [-0.39, 0.29) is 11.7 Å². The lowest BCUT2D eigenvalue weighted by Crippen LogP contribution is -2.60. The van der Waals surface area contributed by atoms with Crippen molar-refractivity contribution in [2.45, 2.75) is 24.2 Å². The molecule has 3 rings (SSSR count). The molecule has 2 aromatic rings. The van der Waals surface area contributed by atoms with Crippen molar-refractivity contribution in [2.24, 2.45) is 0 Å². The van der Waals surface area contributed by atoms with Gasteiger partial charge < -0.3 is 5.73 Å². The molecule has 1 amide bonds. The summed E-state index contributed by atoms with van der Waals surface area (Å²) in [4.78, 5) is 14.6. The van der Waals surface area contributed by atoms with Gasteiger partial charge in [0.25, 0.3) is 6.20 Å². The molecule has 1 aromatic carbocycles. The molecule has 0 unspecified atom stereocenters. The number of carbonyl (C=O) groups is 1. The van der Waals surface area contributed by atoms with E-state index in [2.05, 4.69) is 15.6 Å². The molecule has 1 aliphatic heterocycles. The average molecular weight is 334 g/mol. The summed E-state index contributed by atoms with van der Waals surface area (Å²) in [5.41, 5.74) is 6.41. The third-order valence-corrected chi connectivity index (χ3v) is 4.56. The number of carbonyl (C=O) groups excluding carboxylic acids is 1. The Kier molecular flexibility index (Phi) is 5.02. The SMILES string of the molecule is Nc1cccc(SCC(=O)Nc2c[n+](N3CCCCC3)no2)c1. The van der Waals surface area contributed by atoms with Crippen LogP contribution in [0, 0.1) is 0 Å². The van der Waals surface area contributed by atoms with Gasteiger partial charge in [0.1, 0.15) is 0 Å². The van der Waals surface area contributed by atoms with E-state index >= 15 is 0 Å². The molecular formula is C15H20N5O2S+. The Balaban J connectivity index is 1.50. The van der Waals surface area contributed by atoms with Crippen LogP contribution in [0.5, 0.6) is 0 Å². The number of nitrogen functional groups attached to an aromatic ring is 1. The van der Waals surface area contributed by atoms with Gasteiger partial charge in [-0.3, -0.25) is 14.6 Å². The minimum atomic E-state index is -0.139. The number of amides is 1. The van der Waals surface area contributed by atoms with Crippen LogP contribution in [-0.2, 0) is 4.79 Å². The summed E-state index contributed by atoms with van der Waals surface area (Å²) in [5.74, 6) is 0.501. The highest BCUT2D eigenvalue weighted by molar-refractivity contribution is 8.00. The van der Waals surface area contributed by atoms with Gasteiger partial charge >= 0.3 is 5.88 Å². The maximum atomic E-state index is 12.0. The fourth-order valence-corrected chi connectivity index (χ4v) is 3.20. The van der Waals surface area contributed by atoms with Gasteiger partial charge in [-0.05, 0) is 37.5 Å². The summed E-state index contributed by atoms with van der Waals surface area (Å²) in [6.07, 6.45) is 5.25. The molecule has 1 aromatic heterocycles. The van der Waals surface area contributed by atoms with E-state index in [0.717, 1.165) is 30.8 Å². The summed E-state index contributed by atoms with van der Waals surface area (Å²) in [6.45, 7) is 1.91. The second-order valence-corrected chi connectivity index (χ2v) is 6.46. The first-order valence-electron chi connectivity index (χ1n) is 7.63. The Labute approximate surface area is 138 Å². The number of hydrogen-bond acceptors (Lipinski definition) is 6. The van der Waals surface area contributed by atoms with E-state index in [1.165, 1.54) is 18.2 Å². The van der Waals surface area contributed by atoms with Crippen molar-refractivity contribution in [1.29, 1.82) is 0 Å². The molecule has 1 saturated heterocycles. The summed E-state index contributed by atoms with van der Waals surface area (Å²) in [5, 5.41) is 8.77. The molecule has 3 N–H and O–H groups in total. The molecule has 0 saturated carbocycles. The number of nitrogens with two attached hydrogens (primary N) is 1. The number of nitrogens with zero attached hydrogens (tertiary/aromatic N) is 3. The normalized spacial score (nSPS) is 14.7. The molecule has 0 atom stereocenters. The van der Waals surface area contributed by atoms with Crippen molar-refractivity contribution in [3.63, 3.8) is 0 Å². The second kappa shape index (κ2) is 7.36. The van der Waals surface area contributed by atoms with E-state index in [1.807, 2.05) is 24.3 Å². The Morgan fingerprint density at radius 1 is 1.39 bits per heavy atom. The maximum absolute atomic E-state index is 12.0. The van der Waals surface area contributed by atoms with Crippen molar-refractivity contribution in [1.82, 2.24) is 5.27 Å². The molecule has 0 aliphatic carbocycles. The van der Waals surface area contributed by atoms with Crippen LogP contribution in [-0.4, -0.2) is 30.0 Å². The van der Waals surface area contributed by atoms with Gasteiger partial charge in [0.05, 0.1) is 23.6 Å². The highest BCUT2D eigenvalue weighted by Crippen LogP contribution is 2.20. The van der Waals surface area contributed by atoms with E-state index < -0.39 is 0 Å². The Morgan fingerprint density at radius 2 is 2.22 bits per heavy atom. The Morgan fingerprint density at radius 3 is 3.00 bits per heavy atom. The van der Waals surface area contributed by atoms with Gasteiger partial charge in [-0.15, -0.1) is 11.8 Å². The van der Waals surface area contributed by atoms with Gasteiger partial charge in [-0.1, -0.05) is 6.07 Å². The summed E-state index contributed by atoms with van der Waals surface area (Å²) >= 11 is 1.43. The number of benzene rings is 1. The first-order chi connectivity index (χ1) is 11.2. The summed E-state index contributed by atoms with van der Waals surface area (Å²) in [6, 6.07) is 7.45. The lowest BCUT2D eigenvalue weighted by atomic mass is 10.2. The molecule has 0 bridgehead atoms. The molecule has 0 spiro atoms. The third-order valence-electron chi connectivity index (χ3n) is 3.57. The zero-order valence-corrected chi connectivity index (χ0v) is 13.6. The van der Waals surface area contributed by atoms with Crippen LogP contribution in [0.25, 0.3) is 0 Å². The summed E-state index contributed by atoms with van der Waals surface area (Å²) in [7, 11) is 0. The Hall–Kier alpha value is -2.22. The molecule has 23 heavy (non-hydrogen) atoms. The molecule has 0 radical (unpaired) electrons. The predicted octanol–water partition coefficient (Wildman–Crippen LogP) is 1.40. The number of rotatable bonds is 5. The highest BCUT2D eigenvalue weighted by atomic mass is 32.2. The van der Waals surface area contributed by atoms with Crippen LogP contribution in [0.4, 0.5) is 11.6 Å². The maximum Gasteiger partial charge on any atom is 0.305 e. The smallest absolute Gasteiger partial charge is 0.305 e. The lowest BCUT2D eigenvalue weighted by molar-refractivity contribution is -0.759. The van der Waals surface area contributed by atoms with E-state index in [4.69, 9.17) is 10.3 Å². The molecule has 1 fully saturated rings. The second-order valence-electron chi connectivity index (χ2n) is 5.41. The minimum Gasteiger partial charge on any atom is -0.399 e. The fraction of sp³-hybridized carbons (Fsp3) is 0.400. The van der Waals surface area contributed by atoms with E-state index in [0.29, 0.717) is 11.6 Å². The largest absolute Gasteiger partial charge is 0.399 e. The standard InChI is InChI=1S/C15H19N5O2S/c16-12-5-4-6-13(9-12)23-11-14(21)17-15-10-20(18-22-15)19-7-2-1-3-8-19/h4-6,9-10H,1-3,7-8,11,16H2/p+1. The van der Waals surface area contributed by atoms with Crippen LogP contribution in [0.1, 0.15) is 19.3 Å². The Bertz CT molecular complexity index is 669. The topological polar surface area (TPSA) is 88.3 Å². The van der Waals surface area contributed by atoms with Crippen LogP contribution in [0.3, 0.4) is 0 Å². The number of hydrogen-bond donors (Lipinski definition) is 2. The fourth-order valence-electron chi connectivity index (χ4n) is 2.44. The molecule has 8 heteroatoms. The molecule has 1 aliphatic rings. The van der Waals surface area contributed by atoms with Gasteiger partial charge in [0.15, 0.2) is 0 Å². The van der Waals surface area contributed by atoms with Gasteiger partial charge in [0.2, 0.25) is 11.2 Å². The molecule has 7 nitrogen and oxygen atoms in total. The zero-order chi connectivity index (χ0) is 16.1. The lowest BCUT2D eigenvalue weighted by Gasteiger charge is -2.17. The van der Waals surface area contributed by atoms with Gasteiger partial charge in [0, 0.05) is 10.6 Å². The highest BCUT2D eigenvalue weighted by Gasteiger charge is 2.23. The van der Waals surface area contributed by atoms with Crippen LogP contribution >= 0.6 is 11.8 Å². The van der Waals surface area contributed by atoms with Crippen LogP contribution < -0.4 is 20.9 Å². The molecule has 122 valence electrons. The van der Waals surface area contributed by atoms with Crippen molar-refractivity contribution in [3.8, 4) is 0 Å². The van der Waals surface area contributed by atoms with E-state index in [1.54, 1.807) is 11.0 Å². The average Bonchev–Trinajstić information content (AvgIpc) is 3.02. The van der Waals surface area contributed by atoms with Crippen molar-refractivity contribution in [2.75, 3.05) is 34.9 Å². The number of anilines is 2. The van der Waals surface area contributed by atoms with Crippen molar-refractivity contribution < 1.29 is 14.1 Å². The number of thioether (sulfide) groups is 1. The monoisotopic (exact) mass is 334 g/mol. The van der Waals surface area contributed by atoms with Crippen molar-refractivity contribution >= 4 is 29.2 Å². The number of aromatic nitrogens is 2. The summed E-state index contributed by atoms with van der Waals surface area (Å²) < 4.78 is 5.17. The van der Waals surface area contributed by atoms with Gasteiger partial charge in [-0.2, -0.15) is 5.01 Å². The first kappa shape index (κ1) is 15.7. The molecule has 2 heterocycles. The van der Waals surface area contributed by atoms with Gasteiger partial charge in [-0.25, -0.2) is 0 Å². The van der Waals surface area contributed by atoms with Crippen LogP contribution in [0.2, 0.25) is 0 Å². The number of nitrogens with one attached hydrogen (secondary N) is 1. The minimum absolute atomic E-state index is 0.139. The zero-order valence-electron chi connectivity index (χ0n) is 12.8. The quantitative estimate of drug-likeness (QED) is 0.488. The first-order valence-corrected chi connectivity index (χ1v) is 8.61. The third kappa shape index (κ3) is 4.38. The predicted molar refractivity (Wildman–Crippen MR) is 88.7 cm³/mol. The number of piperidine rings is 1. The van der Waals surface area contributed by atoms with Crippen LogP contribution in [0.15, 0.2) is 39.9 Å².